The molecule has 1 fully saturated rings. The molecule has 0 saturated carbocycles. The molecule has 0 bridgehead atoms. The minimum atomic E-state index is -3.63. The fourth-order valence-corrected chi connectivity index (χ4v) is 4.52. The highest BCUT2D eigenvalue weighted by Gasteiger charge is 2.35. The third kappa shape index (κ3) is 4.47. The Kier molecular flexibility index (Phi) is 6.62. The van der Waals surface area contributed by atoms with Crippen LogP contribution in [0.15, 0.2) is 24.3 Å². The third-order valence-corrected chi connectivity index (χ3v) is 6.35. The zero-order chi connectivity index (χ0) is 17.7. The molecule has 0 N–H and O–H groups in total. The summed E-state index contributed by atoms with van der Waals surface area (Å²) in [6.45, 7) is 5.97. The number of benzene rings is 1. The quantitative estimate of drug-likeness (QED) is 0.765. The molecule has 1 amide bonds. The van der Waals surface area contributed by atoms with Crippen LogP contribution < -0.4 is 0 Å². The molecule has 1 heterocycles. The number of nitrogens with zero attached hydrogens (tertiary/aromatic N) is 3. The van der Waals surface area contributed by atoms with Gasteiger partial charge in [0.25, 0.3) is 10.2 Å². The molecule has 24 heavy (non-hydrogen) atoms. The number of carbonyl (C=O) groups is 1. The lowest BCUT2D eigenvalue weighted by atomic mass is 10.2. The van der Waals surface area contributed by atoms with Crippen molar-refractivity contribution in [3.8, 4) is 0 Å². The molecule has 0 radical (unpaired) electrons. The molecule has 1 aliphatic rings. The van der Waals surface area contributed by atoms with Gasteiger partial charge in [-0.05, 0) is 38.0 Å². The van der Waals surface area contributed by atoms with Gasteiger partial charge in [-0.15, -0.1) is 0 Å². The van der Waals surface area contributed by atoms with Gasteiger partial charge in [0.05, 0.1) is 6.54 Å². The summed E-state index contributed by atoms with van der Waals surface area (Å²) in [6, 6.07) is 7.12. The minimum absolute atomic E-state index is 0.0961. The molecule has 134 valence electrons. The maximum atomic E-state index is 12.8. The summed E-state index contributed by atoms with van der Waals surface area (Å²) >= 11 is 5.87. The molecular weight excluding hydrogens is 350 g/mol. The summed E-state index contributed by atoms with van der Waals surface area (Å²) < 4.78 is 28.3. The molecule has 0 unspecified atom stereocenters. The number of rotatable bonds is 6. The lowest BCUT2D eigenvalue weighted by Gasteiger charge is -2.35. The fraction of sp³-hybridized carbons (Fsp3) is 0.562. The zero-order valence-corrected chi connectivity index (χ0v) is 15.7. The summed E-state index contributed by atoms with van der Waals surface area (Å²) in [5.74, 6) is -0.156. The molecule has 0 aliphatic carbocycles. The van der Waals surface area contributed by atoms with Crippen LogP contribution in [-0.4, -0.2) is 60.6 Å². The topological polar surface area (TPSA) is 60.9 Å². The molecule has 0 aromatic heterocycles. The number of likely N-dealkylation sites (N-methyl/N-ethyl adjacent to an activating group) is 1. The Morgan fingerprint density at radius 2 is 1.71 bits per heavy atom. The number of hydrogen-bond donors (Lipinski definition) is 0. The van der Waals surface area contributed by atoms with E-state index in [1.54, 1.807) is 17.0 Å². The minimum Gasteiger partial charge on any atom is -0.342 e. The lowest BCUT2D eigenvalue weighted by molar-refractivity contribution is -0.131. The second kappa shape index (κ2) is 8.29. The van der Waals surface area contributed by atoms with Gasteiger partial charge in [-0.2, -0.15) is 17.0 Å². The highest BCUT2D eigenvalue weighted by atomic mass is 35.5. The normalized spacial score (nSPS) is 18.5. The van der Waals surface area contributed by atoms with Gasteiger partial charge in [0.1, 0.15) is 0 Å². The van der Waals surface area contributed by atoms with Crippen molar-refractivity contribution in [2.45, 2.75) is 26.8 Å². The maximum absolute atomic E-state index is 12.8. The predicted molar refractivity (Wildman–Crippen MR) is 94.9 cm³/mol. The number of amides is 1. The number of carbonyl (C=O) groups excluding carboxylic acids is 1. The van der Waals surface area contributed by atoms with Crippen molar-refractivity contribution >= 4 is 27.7 Å². The van der Waals surface area contributed by atoms with E-state index in [0.29, 0.717) is 37.6 Å². The first-order valence-electron chi connectivity index (χ1n) is 8.16. The van der Waals surface area contributed by atoms with Gasteiger partial charge in [0.2, 0.25) is 5.91 Å². The maximum Gasteiger partial charge on any atom is 0.282 e. The Morgan fingerprint density at radius 1 is 1.12 bits per heavy atom. The lowest BCUT2D eigenvalue weighted by Crippen LogP contribution is -2.52. The van der Waals surface area contributed by atoms with Crippen LogP contribution in [0.4, 0.5) is 0 Å². The predicted octanol–water partition coefficient (Wildman–Crippen LogP) is 1.96. The van der Waals surface area contributed by atoms with Crippen LogP contribution in [0.2, 0.25) is 5.02 Å². The molecule has 1 aromatic rings. The van der Waals surface area contributed by atoms with Crippen LogP contribution in [0.5, 0.6) is 0 Å². The van der Waals surface area contributed by atoms with Gasteiger partial charge in [-0.1, -0.05) is 23.7 Å². The van der Waals surface area contributed by atoms with Crippen LogP contribution >= 0.6 is 11.6 Å². The van der Waals surface area contributed by atoms with Crippen molar-refractivity contribution in [3.05, 3.63) is 34.9 Å². The van der Waals surface area contributed by atoms with Gasteiger partial charge < -0.3 is 4.90 Å². The van der Waals surface area contributed by atoms with E-state index < -0.39 is 10.2 Å². The van der Waals surface area contributed by atoms with E-state index in [1.807, 2.05) is 26.0 Å². The van der Waals surface area contributed by atoms with Gasteiger partial charge in [0, 0.05) is 37.7 Å². The smallest absolute Gasteiger partial charge is 0.282 e. The van der Waals surface area contributed by atoms with Crippen LogP contribution in [0, 0.1) is 0 Å². The highest BCUT2D eigenvalue weighted by Crippen LogP contribution is 2.20. The Balaban J connectivity index is 2.09. The van der Waals surface area contributed by atoms with Crippen molar-refractivity contribution in [2.24, 2.45) is 0 Å². The average Bonchev–Trinajstić information content (AvgIpc) is 2.54. The van der Waals surface area contributed by atoms with E-state index in [1.165, 1.54) is 8.61 Å². The van der Waals surface area contributed by atoms with Crippen LogP contribution in [0.3, 0.4) is 0 Å². The summed E-state index contributed by atoms with van der Waals surface area (Å²) in [7, 11) is -3.63. The molecule has 1 aliphatic heterocycles. The average molecular weight is 374 g/mol. The zero-order valence-electron chi connectivity index (χ0n) is 14.1. The van der Waals surface area contributed by atoms with Gasteiger partial charge in [-0.3, -0.25) is 4.79 Å². The van der Waals surface area contributed by atoms with Crippen molar-refractivity contribution in [3.63, 3.8) is 0 Å². The van der Waals surface area contributed by atoms with E-state index >= 15 is 0 Å². The van der Waals surface area contributed by atoms with Crippen molar-refractivity contribution in [1.82, 2.24) is 13.5 Å². The first-order valence-corrected chi connectivity index (χ1v) is 9.93. The van der Waals surface area contributed by atoms with Crippen LogP contribution in [0.1, 0.15) is 25.8 Å². The fourth-order valence-electron chi connectivity index (χ4n) is 2.76. The second-order valence-electron chi connectivity index (χ2n) is 5.72. The molecule has 0 spiro atoms. The first-order chi connectivity index (χ1) is 11.4. The summed E-state index contributed by atoms with van der Waals surface area (Å²) in [5, 5.41) is 0.617. The molecule has 1 saturated heterocycles. The number of hydrogen-bond acceptors (Lipinski definition) is 3. The van der Waals surface area contributed by atoms with Gasteiger partial charge in [-0.25, -0.2) is 0 Å². The second-order valence-corrected chi connectivity index (χ2v) is 8.09. The van der Waals surface area contributed by atoms with Gasteiger partial charge >= 0.3 is 0 Å². The Labute approximate surface area is 149 Å². The molecule has 6 nitrogen and oxygen atoms in total. The highest BCUT2D eigenvalue weighted by molar-refractivity contribution is 7.86. The van der Waals surface area contributed by atoms with Crippen molar-refractivity contribution < 1.29 is 13.2 Å². The van der Waals surface area contributed by atoms with Crippen LogP contribution in [0.25, 0.3) is 0 Å². The van der Waals surface area contributed by atoms with E-state index in [2.05, 4.69) is 0 Å². The van der Waals surface area contributed by atoms with E-state index in [-0.39, 0.29) is 19.0 Å². The van der Waals surface area contributed by atoms with Crippen molar-refractivity contribution in [1.29, 1.82) is 0 Å². The summed E-state index contributed by atoms with van der Waals surface area (Å²) in [5.41, 5.74) is 0.875. The molecule has 0 atom stereocenters. The molecule has 2 rings (SSSR count). The van der Waals surface area contributed by atoms with E-state index in [0.717, 1.165) is 5.56 Å². The third-order valence-electron chi connectivity index (χ3n) is 4.17. The largest absolute Gasteiger partial charge is 0.342 e. The monoisotopic (exact) mass is 373 g/mol. The summed E-state index contributed by atoms with van der Waals surface area (Å²) in [6.07, 6.45) is 0.707. The molecule has 1 aromatic carbocycles. The molecule has 8 heteroatoms. The molecular formula is C16H24ClN3O3S. The first kappa shape index (κ1) is 19.2. The number of halogens is 1. The summed E-state index contributed by atoms with van der Waals surface area (Å²) in [4.78, 5) is 13.9. The Hall–Kier alpha value is -1.15. The van der Waals surface area contributed by atoms with Crippen LogP contribution in [-0.2, 0) is 21.5 Å². The van der Waals surface area contributed by atoms with E-state index in [4.69, 9.17) is 11.6 Å². The standard InChI is InChI=1S/C16H24ClN3O3S/c1-3-18(4-2)16(21)13-20-11-5-10-19(24(20,22)23)12-14-6-8-15(17)9-7-14/h6-9H,3-5,10-13H2,1-2H3. The Morgan fingerprint density at radius 3 is 2.29 bits per heavy atom. The van der Waals surface area contributed by atoms with E-state index in [9.17, 15) is 13.2 Å². The Bertz CT molecular complexity index is 660. The van der Waals surface area contributed by atoms with Gasteiger partial charge in [0.15, 0.2) is 0 Å². The SMILES string of the molecule is CCN(CC)C(=O)CN1CCCN(Cc2ccc(Cl)cc2)S1(=O)=O. The van der Waals surface area contributed by atoms with Crippen molar-refractivity contribution in [2.75, 3.05) is 32.7 Å².